The highest BCUT2D eigenvalue weighted by molar-refractivity contribution is 7.98. The molecule has 0 saturated carbocycles. The third-order valence-electron chi connectivity index (χ3n) is 6.40. The smallest absolute Gasteiger partial charge is 0.306 e. The van der Waals surface area contributed by atoms with Gasteiger partial charge in [-0.25, -0.2) is 0 Å². The van der Waals surface area contributed by atoms with Gasteiger partial charge in [0.2, 0.25) is 0 Å². The van der Waals surface area contributed by atoms with Crippen molar-refractivity contribution >= 4 is 23.7 Å². The van der Waals surface area contributed by atoms with E-state index in [4.69, 9.17) is 18.9 Å². The summed E-state index contributed by atoms with van der Waals surface area (Å²) in [5.41, 5.74) is 3.57. The molecule has 2 aromatic carbocycles. The van der Waals surface area contributed by atoms with Gasteiger partial charge in [0.05, 0.1) is 26.4 Å². The Balaban J connectivity index is 1.85. The van der Waals surface area contributed by atoms with Gasteiger partial charge in [0, 0.05) is 17.7 Å². The number of esters is 2. The molecule has 39 heavy (non-hydrogen) atoms. The molecular formula is C32H46O6S. The van der Waals surface area contributed by atoms with E-state index in [0.29, 0.717) is 45.5 Å². The second kappa shape index (κ2) is 19.4. The summed E-state index contributed by atoms with van der Waals surface area (Å²) < 4.78 is 22.2. The topological polar surface area (TPSA) is 71.1 Å². The molecule has 0 saturated heterocycles. The van der Waals surface area contributed by atoms with Crippen molar-refractivity contribution < 1.29 is 28.5 Å². The summed E-state index contributed by atoms with van der Waals surface area (Å²) in [5.74, 6) is 1.34. The molecule has 0 aliphatic carbocycles. The number of benzene rings is 2. The molecule has 0 unspecified atom stereocenters. The van der Waals surface area contributed by atoms with Crippen LogP contribution in [0.2, 0.25) is 0 Å². The van der Waals surface area contributed by atoms with E-state index in [0.717, 1.165) is 62.2 Å². The molecule has 0 amide bonds. The largest absolute Gasteiger partial charge is 0.494 e. The number of hydrogen-bond donors (Lipinski definition) is 0. The number of carbonyl (C=O) groups excluding carboxylic acids is 2. The van der Waals surface area contributed by atoms with Crippen LogP contribution in [0.25, 0.3) is 0 Å². The molecule has 0 radical (unpaired) electrons. The molecule has 2 aromatic rings. The number of hydrogen-bond acceptors (Lipinski definition) is 7. The van der Waals surface area contributed by atoms with E-state index in [1.54, 1.807) is 18.7 Å². The summed E-state index contributed by atoms with van der Waals surface area (Å²) >= 11 is 1.75. The number of ether oxygens (including phenoxy) is 4. The van der Waals surface area contributed by atoms with E-state index in [2.05, 4.69) is 37.4 Å². The maximum absolute atomic E-state index is 12.0. The molecule has 0 aromatic heterocycles. The minimum Gasteiger partial charge on any atom is -0.494 e. The van der Waals surface area contributed by atoms with Gasteiger partial charge in [-0.2, -0.15) is 0 Å². The Morgan fingerprint density at radius 1 is 0.769 bits per heavy atom. The predicted octanol–water partition coefficient (Wildman–Crippen LogP) is 7.37. The zero-order chi connectivity index (χ0) is 28.3. The Bertz CT molecular complexity index is 984. The minimum atomic E-state index is -0.207. The van der Waals surface area contributed by atoms with Crippen LogP contribution in [0.5, 0.6) is 11.5 Å². The summed E-state index contributed by atoms with van der Waals surface area (Å²) in [7, 11) is 0. The Labute approximate surface area is 239 Å². The van der Waals surface area contributed by atoms with E-state index >= 15 is 0 Å². The standard InChI is InChI=1S/C32H46O6S/c1-5-25-22-27(24-28(23-25)39-4)37-20-11-9-8-10-14-26-15-12-16-30(29(26)18-19-32(34)36-7-3)38-21-13-17-31(33)35-6-2/h12,15-16,22-24H,5-11,13-14,17-21H2,1-4H3. The van der Waals surface area contributed by atoms with Crippen LogP contribution in [-0.2, 0) is 38.3 Å². The minimum absolute atomic E-state index is 0.199. The van der Waals surface area contributed by atoms with Crippen molar-refractivity contribution in [1.82, 2.24) is 0 Å². The van der Waals surface area contributed by atoms with E-state index in [-0.39, 0.29) is 11.9 Å². The van der Waals surface area contributed by atoms with Crippen molar-refractivity contribution in [2.75, 3.05) is 32.7 Å². The van der Waals surface area contributed by atoms with Crippen LogP contribution < -0.4 is 9.47 Å². The summed E-state index contributed by atoms with van der Waals surface area (Å²) in [6, 6.07) is 12.6. The van der Waals surface area contributed by atoms with Gasteiger partial charge < -0.3 is 18.9 Å². The SMILES string of the molecule is CCOC(=O)CCCOc1cccc(CCCCCCOc2cc(CC)cc(SC)c2)c1CCC(=O)OCC. The molecule has 7 heteroatoms. The lowest BCUT2D eigenvalue weighted by Crippen LogP contribution is -2.10. The van der Waals surface area contributed by atoms with E-state index in [9.17, 15) is 9.59 Å². The van der Waals surface area contributed by atoms with Crippen molar-refractivity contribution in [2.45, 2.75) is 89.9 Å². The summed E-state index contributed by atoms with van der Waals surface area (Å²) in [4.78, 5) is 24.9. The van der Waals surface area contributed by atoms with Gasteiger partial charge in [0.1, 0.15) is 11.5 Å². The Morgan fingerprint density at radius 2 is 1.49 bits per heavy atom. The first-order valence-corrected chi connectivity index (χ1v) is 15.6. The zero-order valence-electron chi connectivity index (χ0n) is 24.2. The van der Waals surface area contributed by atoms with Crippen LogP contribution in [0, 0.1) is 0 Å². The molecule has 0 aliphatic heterocycles. The third-order valence-corrected chi connectivity index (χ3v) is 7.10. The van der Waals surface area contributed by atoms with Crippen LogP contribution in [0.3, 0.4) is 0 Å². The van der Waals surface area contributed by atoms with Gasteiger partial charge in [-0.15, -0.1) is 11.8 Å². The Kier molecular flexibility index (Phi) is 16.2. The normalized spacial score (nSPS) is 10.8. The number of rotatable bonds is 20. The second-order valence-corrected chi connectivity index (χ2v) is 10.2. The Morgan fingerprint density at radius 3 is 2.21 bits per heavy atom. The molecule has 6 nitrogen and oxygen atoms in total. The molecule has 216 valence electrons. The maximum atomic E-state index is 12.0. The van der Waals surface area contributed by atoms with E-state index in [1.807, 2.05) is 19.1 Å². The first kappa shape index (κ1) is 32.5. The fourth-order valence-electron chi connectivity index (χ4n) is 4.35. The van der Waals surface area contributed by atoms with Gasteiger partial charge in [-0.05, 0) is 99.6 Å². The van der Waals surface area contributed by atoms with Crippen LogP contribution in [0.4, 0.5) is 0 Å². The fraction of sp³-hybridized carbons (Fsp3) is 0.562. The number of unbranched alkanes of at least 4 members (excludes halogenated alkanes) is 3. The average Bonchev–Trinajstić information content (AvgIpc) is 2.94. The lowest BCUT2D eigenvalue weighted by molar-refractivity contribution is -0.144. The molecule has 0 fully saturated rings. The van der Waals surface area contributed by atoms with E-state index in [1.165, 1.54) is 16.0 Å². The van der Waals surface area contributed by atoms with Gasteiger partial charge in [-0.1, -0.05) is 31.9 Å². The Hall–Kier alpha value is -2.67. The van der Waals surface area contributed by atoms with Crippen LogP contribution >= 0.6 is 11.8 Å². The first-order chi connectivity index (χ1) is 19.0. The highest BCUT2D eigenvalue weighted by Crippen LogP contribution is 2.27. The lowest BCUT2D eigenvalue weighted by atomic mass is 9.96. The van der Waals surface area contributed by atoms with Gasteiger partial charge in [0.25, 0.3) is 0 Å². The van der Waals surface area contributed by atoms with Crippen molar-refractivity contribution in [3.63, 3.8) is 0 Å². The average molecular weight is 559 g/mol. The van der Waals surface area contributed by atoms with Crippen molar-refractivity contribution in [1.29, 1.82) is 0 Å². The highest BCUT2D eigenvalue weighted by atomic mass is 32.2. The molecule has 0 aliphatic rings. The lowest BCUT2D eigenvalue weighted by Gasteiger charge is -2.16. The molecule has 0 heterocycles. The monoisotopic (exact) mass is 558 g/mol. The summed E-state index contributed by atoms with van der Waals surface area (Å²) in [5, 5.41) is 0. The summed E-state index contributed by atoms with van der Waals surface area (Å²) in [6.07, 6.45) is 10.1. The van der Waals surface area contributed by atoms with Gasteiger partial charge in [-0.3, -0.25) is 9.59 Å². The molecule has 0 bridgehead atoms. The van der Waals surface area contributed by atoms with Crippen molar-refractivity contribution in [2.24, 2.45) is 0 Å². The highest BCUT2D eigenvalue weighted by Gasteiger charge is 2.13. The number of thioether (sulfide) groups is 1. The summed E-state index contributed by atoms with van der Waals surface area (Å²) in [6.45, 7) is 7.70. The molecule has 2 rings (SSSR count). The van der Waals surface area contributed by atoms with Crippen LogP contribution in [-0.4, -0.2) is 44.6 Å². The van der Waals surface area contributed by atoms with Gasteiger partial charge >= 0.3 is 11.9 Å². The first-order valence-electron chi connectivity index (χ1n) is 14.4. The maximum Gasteiger partial charge on any atom is 0.306 e. The number of carbonyl (C=O) groups is 2. The van der Waals surface area contributed by atoms with Crippen LogP contribution in [0.15, 0.2) is 41.3 Å². The molecular weight excluding hydrogens is 512 g/mol. The van der Waals surface area contributed by atoms with Crippen molar-refractivity contribution in [3.8, 4) is 11.5 Å². The fourth-order valence-corrected chi connectivity index (χ4v) is 4.86. The molecule has 0 atom stereocenters. The quantitative estimate of drug-likeness (QED) is 0.0954. The van der Waals surface area contributed by atoms with E-state index < -0.39 is 0 Å². The predicted molar refractivity (Wildman–Crippen MR) is 158 cm³/mol. The third kappa shape index (κ3) is 12.8. The van der Waals surface area contributed by atoms with Crippen LogP contribution in [0.1, 0.15) is 82.4 Å². The number of aryl methyl sites for hydroxylation is 2. The zero-order valence-corrected chi connectivity index (χ0v) is 25.0. The van der Waals surface area contributed by atoms with Gasteiger partial charge in [0.15, 0.2) is 0 Å². The van der Waals surface area contributed by atoms with Crippen molar-refractivity contribution in [3.05, 3.63) is 53.1 Å². The second-order valence-electron chi connectivity index (χ2n) is 9.34. The molecule has 0 N–H and O–H groups in total. The molecule has 0 spiro atoms.